The van der Waals surface area contributed by atoms with E-state index in [1.807, 2.05) is 0 Å². The molecule has 34 valence electrons. The maximum absolute atomic E-state index is 10.0. The van der Waals surface area contributed by atoms with E-state index in [9.17, 15) is 4.79 Å². The van der Waals surface area contributed by atoms with E-state index in [0.717, 1.165) is 0 Å². The van der Waals surface area contributed by atoms with Crippen molar-refractivity contribution in [1.29, 1.82) is 0 Å². The summed E-state index contributed by atoms with van der Waals surface area (Å²) in [4.78, 5) is 10.0. The Morgan fingerprint density at radius 1 is 2.00 bits per heavy atom. The first-order chi connectivity index (χ1) is 2.64. The zero-order valence-corrected chi connectivity index (χ0v) is 4.06. The third-order valence-corrected chi connectivity index (χ3v) is 0.641. The number of nitrogens with two attached hydrogens (primary N) is 1. The predicted octanol–water partition coefficient (Wildman–Crippen LogP) is -1.51. The Labute approximate surface area is 38.1 Å². The molecule has 0 rings (SSSR count). The van der Waals surface area contributed by atoms with Gasteiger partial charge in [0.25, 0.3) is 0 Å². The molecule has 0 fully saturated rings. The third kappa shape index (κ3) is 1.97. The van der Waals surface area contributed by atoms with E-state index in [-0.39, 0.29) is 11.7 Å². The normalized spacial score (nSPS) is 13.7. The first-order valence-electron chi connectivity index (χ1n) is 1.90. The summed E-state index contributed by atoms with van der Waals surface area (Å²) in [7, 11) is 1.48. The highest BCUT2D eigenvalue weighted by Crippen LogP contribution is 1.67. The maximum Gasteiger partial charge on any atom is 0.189 e. The van der Waals surface area contributed by atoms with Gasteiger partial charge in [-0.2, -0.15) is 0 Å². The molecule has 0 aromatic rings. The van der Waals surface area contributed by atoms with Gasteiger partial charge >= 0.3 is 0 Å². The highest BCUT2D eigenvalue weighted by atomic mass is 16.1. The summed E-state index contributed by atoms with van der Waals surface area (Å²) >= 11 is 0. The van der Waals surface area contributed by atoms with Gasteiger partial charge in [0.05, 0.1) is 11.7 Å². The minimum absolute atomic E-state index is 0.0370. The Hall–Kier alpha value is -0.305. The van der Waals surface area contributed by atoms with Gasteiger partial charge in [0.15, 0.2) is 7.85 Å². The van der Waals surface area contributed by atoms with Gasteiger partial charge in [-0.05, 0) is 6.92 Å². The van der Waals surface area contributed by atoms with Crippen LogP contribution in [0, 0.1) is 0 Å². The van der Waals surface area contributed by atoms with Gasteiger partial charge in [-0.1, -0.05) is 0 Å². The summed E-state index contributed by atoms with van der Waals surface area (Å²) in [6.07, 6.45) is 0. The van der Waals surface area contributed by atoms with E-state index in [0.29, 0.717) is 0 Å². The van der Waals surface area contributed by atoms with Crippen LogP contribution in [0.2, 0.25) is 0 Å². The second kappa shape index (κ2) is 1.98. The molecule has 0 heterocycles. The number of hydrogen-bond donors (Lipinski definition) is 1. The Bertz CT molecular complexity index is 61.8. The van der Waals surface area contributed by atoms with Gasteiger partial charge in [0.1, 0.15) is 0 Å². The van der Waals surface area contributed by atoms with E-state index in [1.54, 1.807) is 6.92 Å². The second-order valence-electron chi connectivity index (χ2n) is 1.40. The van der Waals surface area contributed by atoms with E-state index in [1.165, 1.54) is 7.85 Å². The Kier molecular flexibility index (Phi) is 1.88. The van der Waals surface area contributed by atoms with Crippen LogP contribution in [0.4, 0.5) is 0 Å². The number of carbonyl (C=O) groups is 1. The summed E-state index contributed by atoms with van der Waals surface area (Å²) in [5.41, 5.74) is 5.12. The molecule has 1 unspecified atom stereocenters. The second-order valence-corrected chi connectivity index (χ2v) is 1.40. The van der Waals surface area contributed by atoms with Crippen LogP contribution in [0.3, 0.4) is 0 Å². The van der Waals surface area contributed by atoms with Crippen molar-refractivity contribution in [1.82, 2.24) is 0 Å². The molecule has 3 heteroatoms. The molecule has 2 N–H and O–H groups in total. The Morgan fingerprint density at radius 3 is 2.17 bits per heavy atom. The van der Waals surface area contributed by atoms with Crippen LogP contribution in [0.25, 0.3) is 0 Å². The lowest BCUT2D eigenvalue weighted by atomic mass is 9.97. The fourth-order valence-electron chi connectivity index (χ4n) is 0. The molecule has 0 aliphatic heterocycles. The lowest BCUT2D eigenvalue weighted by Crippen LogP contribution is -2.26. The first kappa shape index (κ1) is 5.69. The lowest BCUT2D eigenvalue weighted by molar-refractivity contribution is -0.112. The fraction of sp³-hybridized carbons (Fsp3) is 0.667. The molecule has 0 amide bonds. The van der Waals surface area contributed by atoms with Crippen LogP contribution in [-0.2, 0) is 4.79 Å². The summed E-state index contributed by atoms with van der Waals surface area (Å²) in [6, 6.07) is -0.287. The van der Waals surface area contributed by atoms with Gasteiger partial charge in [-0.25, -0.2) is 0 Å². The standard InChI is InChI=1S/C3H8BNO/c1-2(5)3(4)6/h2H,4-5H2,1H3. The van der Waals surface area contributed by atoms with Crippen molar-refractivity contribution >= 4 is 13.5 Å². The molecule has 0 saturated heterocycles. The molecule has 0 aromatic heterocycles. The maximum atomic E-state index is 10.0. The highest BCUT2D eigenvalue weighted by Gasteiger charge is 1.95. The van der Waals surface area contributed by atoms with Crippen molar-refractivity contribution in [3.8, 4) is 0 Å². The summed E-state index contributed by atoms with van der Waals surface area (Å²) in [5, 5.41) is 0. The largest absolute Gasteiger partial charge is 0.323 e. The third-order valence-electron chi connectivity index (χ3n) is 0.641. The minimum atomic E-state index is -0.287. The molecular formula is C3H8BNO. The van der Waals surface area contributed by atoms with Gasteiger partial charge in [-0.3, -0.25) is 0 Å². The van der Waals surface area contributed by atoms with Crippen molar-refractivity contribution < 1.29 is 4.79 Å². The van der Waals surface area contributed by atoms with Crippen LogP contribution in [-0.4, -0.2) is 19.6 Å². The van der Waals surface area contributed by atoms with E-state index in [2.05, 4.69) is 0 Å². The topological polar surface area (TPSA) is 43.1 Å². The zero-order chi connectivity index (χ0) is 5.15. The van der Waals surface area contributed by atoms with Crippen LogP contribution in [0.15, 0.2) is 0 Å². The highest BCUT2D eigenvalue weighted by molar-refractivity contribution is 6.58. The van der Waals surface area contributed by atoms with Crippen molar-refractivity contribution in [2.75, 3.05) is 0 Å². The molecule has 0 aliphatic rings. The quantitative estimate of drug-likeness (QED) is 0.393. The van der Waals surface area contributed by atoms with Crippen molar-refractivity contribution in [2.45, 2.75) is 13.0 Å². The van der Waals surface area contributed by atoms with Crippen LogP contribution >= 0.6 is 0 Å². The zero-order valence-electron chi connectivity index (χ0n) is 4.06. The summed E-state index contributed by atoms with van der Waals surface area (Å²) in [5.74, 6) is 0. The van der Waals surface area contributed by atoms with E-state index < -0.39 is 0 Å². The average molecular weight is 84.9 g/mol. The molecule has 1 atom stereocenters. The smallest absolute Gasteiger partial charge is 0.189 e. The van der Waals surface area contributed by atoms with Crippen LogP contribution in [0.1, 0.15) is 6.92 Å². The van der Waals surface area contributed by atoms with Crippen molar-refractivity contribution in [2.24, 2.45) is 5.73 Å². The minimum Gasteiger partial charge on any atom is -0.323 e. The molecule has 0 saturated carbocycles. The molecular weight excluding hydrogens is 76.9 g/mol. The molecule has 6 heavy (non-hydrogen) atoms. The predicted molar refractivity (Wildman–Crippen MR) is 27.2 cm³/mol. The van der Waals surface area contributed by atoms with Crippen LogP contribution < -0.4 is 5.73 Å². The Balaban J connectivity index is 3.26. The first-order valence-corrected chi connectivity index (χ1v) is 1.90. The SMILES string of the molecule is BC(=O)C(C)N. The van der Waals surface area contributed by atoms with Crippen molar-refractivity contribution in [3.63, 3.8) is 0 Å². The average Bonchev–Trinajstić information content (AvgIpc) is 1.36. The summed E-state index contributed by atoms with van der Waals surface area (Å²) < 4.78 is 0. The summed E-state index contributed by atoms with van der Waals surface area (Å²) in [6.45, 7) is 1.67. The number of rotatable bonds is 1. The molecule has 0 aromatic carbocycles. The number of hydrogen-bond acceptors (Lipinski definition) is 2. The van der Waals surface area contributed by atoms with Crippen LogP contribution in [0.5, 0.6) is 0 Å². The van der Waals surface area contributed by atoms with Gasteiger partial charge < -0.3 is 10.5 Å². The van der Waals surface area contributed by atoms with E-state index in [4.69, 9.17) is 5.73 Å². The number of carbonyl (C=O) groups excluding carboxylic acids is 1. The van der Waals surface area contributed by atoms with Crippen molar-refractivity contribution in [3.05, 3.63) is 0 Å². The van der Waals surface area contributed by atoms with E-state index >= 15 is 0 Å². The fourth-order valence-corrected chi connectivity index (χ4v) is 0. The molecule has 0 bridgehead atoms. The molecule has 2 nitrogen and oxygen atoms in total. The molecule has 0 radical (unpaired) electrons. The Morgan fingerprint density at radius 2 is 2.17 bits per heavy atom. The van der Waals surface area contributed by atoms with Gasteiger partial charge in [-0.15, -0.1) is 0 Å². The molecule has 0 spiro atoms. The monoisotopic (exact) mass is 85.1 g/mol. The van der Waals surface area contributed by atoms with Gasteiger partial charge in [0, 0.05) is 0 Å². The van der Waals surface area contributed by atoms with Gasteiger partial charge in [0.2, 0.25) is 0 Å². The lowest BCUT2D eigenvalue weighted by Gasteiger charge is -1.92. The molecule has 0 aliphatic carbocycles.